The first-order valence-electron chi connectivity index (χ1n) is 4.97. The Morgan fingerprint density at radius 2 is 2.11 bits per heavy atom. The number of hydrogen-bond donors (Lipinski definition) is 4. The van der Waals surface area contributed by atoms with Gasteiger partial charge in [0.15, 0.2) is 0 Å². The number of amides is 2. The number of phenols is 2. The molecular weight excluding hydrogens is 283 g/mol. The first-order valence-corrected chi connectivity index (χ1v) is 6.73. The third kappa shape index (κ3) is 4.56. The Hall–Kier alpha value is -1.86. The number of rotatable bonds is 5. The number of hydrogen-bond acceptors (Lipinski definition) is 4. The number of anilines is 1. The molecule has 1 aromatic rings. The summed E-state index contributed by atoms with van der Waals surface area (Å²) in [6, 6.07) is 3.45. The van der Waals surface area contributed by atoms with E-state index in [0.717, 1.165) is 0 Å². The van der Waals surface area contributed by atoms with Crippen LogP contribution in [0.1, 0.15) is 0 Å². The quantitative estimate of drug-likeness (QED) is 0.491. The molecular formula is C11H14CoN2O4. The number of urea groups is 1. The van der Waals surface area contributed by atoms with Gasteiger partial charge in [0.2, 0.25) is 0 Å². The van der Waals surface area contributed by atoms with Crippen LogP contribution < -0.4 is 10.6 Å². The van der Waals surface area contributed by atoms with Crippen molar-refractivity contribution in [2.45, 2.75) is 5.36 Å². The zero-order chi connectivity index (χ0) is 13.5. The van der Waals surface area contributed by atoms with Gasteiger partial charge < -0.3 is 0 Å². The number of carbonyl (C=O) groups excluding carboxylic acids is 1. The molecule has 18 heavy (non-hydrogen) atoms. The molecule has 2 amide bonds. The van der Waals surface area contributed by atoms with Crippen LogP contribution in [0.25, 0.3) is 0 Å². The van der Waals surface area contributed by atoms with E-state index in [2.05, 4.69) is 17.2 Å². The van der Waals surface area contributed by atoms with E-state index in [4.69, 9.17) is 5.11 Å². The van der Waals surface area contributed by atoms with Crippen molar-refractivity contribution in [1.82, 2.24) is 5.32 Å². The number of nitrogens with one attached hydrogen (secondary N) is 2. The van der Waals surface area contributed by atoms with Crippen LogP contribution in [-0.2, 0) is 17.5 Å². The first kappa shape index (κ1) is 14.2. The molecule has 0 heterocycles. The predicted molar refractivity (Wildman–Crippen MR) is 62.5 cm³/mol. The molecule has 0 aliphatic heterocycles. The van der Waals surface area contributed by atoms with E-state index in [-0.39, 0.29) is 18.0 Å². The molecule has 7 heteroatoms. The zero-order valence-corrected chi connectivity index (χ0v) is 10.5. The maximum atomic E-state index is 11.4. The summed E-state index contributed by atoms with van der Waals surface area (Å²) >= 11 is -1.46. The number of benzene rings is 1. The Morgan fingerprint density at radius 1 is 1.39 bits per heavy atom. The third-order valence-electron chi connectivity index (χ3n) is 1.92. The predicted octanol–water partition coefficient (Wildman–Crippen LogP) is 1.74. The van der Waals surface area contributed by atoms with Gasteiger partial charge in [-0.25, -0.2) is 0 Å². The normalized spacial score (nSPS) is 10.6. The monoisotopic (exact) mass is 297 g/mol. The summed E-state index contributed by atoms with van der Waals surface area (Å²) in [5.41, 5.74) is 0.343. The van der Waals surface area contributed by atoms with Gasteiger partial charge in [0.05, 0.1) is 0 Å². The van der Waals surface area contributed by atoms with E-state index < -0.39 is 19.6 Å². The number of carbonyl (C=O) groups is 1. The van der Waals surface area contributed by atoms with Crippen LogP contribution in [0.3, 0.4) is 0 Å². The fourth-order valence-corrected chi connectivity index (χ4v) is 1.68. The molecule has 0 unspecified atom stereocenters. The van der Waals surface area contributed by atoms with E-state index in [0.29, 0.717) is 11.0 Å². The zero-order valence-electron chi connectivity index (χ0n) is 9.47. The molecule has 0 atom stereocenters. The van der Waals surface area contributed by atoms with Crippen LogP contribution in [0.4, 0.5) is 10.5 Å². The van der Waals surface area contributed by atoms with Gasteiger partial charge in [-0.05, 0) is 0 Å². The van der Waals surface area contributed by atoms with E-state index >= 15 is 0 Å². The average molecular weight is 297 g/mol. The van der Waals surface area contributed by atoms with Crippen molar-refractivity contribution >= 4 is 11.7 Å². The molecule has 6 nitrogen and oxygen atoms in total. The van der Waals surface area contributed by atoms with Gasteiger partial charge in [0.25, 0.3) is 0 Å². The number of phenolic OH excluding ortho intramolecular Hbond substituents is 2. The molecule has 1 aromatic carbocycles. The Labute approximate surface area is 108 Å². The molecule has 0 aromatic heterocycles. The Morgan fingerprint density at radius 3 is 2.72 bits per heavy atom. The maximum absolute atomic E-state index is 11.4. The SMILES string of the molecule is C=[CH][Co](=[O])[CH2]CNC(=O)Nc1ccc(O)c(O)c1. The summed E-state index contributed by atoms with van der Waals surface area (Å²) in [4.78, 5) is 11.4. The van der Waals surface area contributed by atoms with Crippen LogP contribution in [0.2, 0.25) is 5.36 Å². The van der Waals surface area contributed by atoms with E-state index in [1.807, 2.05) is 0 Å². The average Bonchev–Trinajstić information content (AvgIpc) is 2.33. The van der Waals surface area contributed by atoms with E-state index in [1.165, 1.54) is 23.2 Å². The Balaban J connectivity index is 2.42. The molecule has 0 saturated carbocycles. The second kappa shape index (κ2) is 6.77. The summed E-state index contributed by atoms with van der Waals surface area (Å²) in [6.45, 7) is 3.64. The summed E-state index contributed by atoms with van der Waals surface area (Å²) in [5, 5.41) is 24.9. The third-order valence-corrected chi connectivity index (χ3v) is 3.17. The molecule has 101 valence electrons. The second-order valence-electron chi connectivity index (χ2n) is 3.20. The molecule has 0 aliphatic rings. The van der Waals surface area contributed by atoms with Gasteiger partial charge in [-0.3, -0.25) is 0 Å². The fourth-order valence-electron chi connectivity index (χ4n) is 1.08. The van der Waals surface area contributed by atoms with Crippen LogP contribution in [0, 0.1) is 0 Å². The standard InChI is InChI=1S/C9H11N2O3.C2H3.Co.O/c1-2-10-9(14)11-6-3-4-7(12)8(13)5-6;1-2;;/h3-5,12-13H,1-2H2,(H2,10,11,14);1H,2H2;;. The minimum atomic E-state index is -1.46. The van der Waals surface area contributed by atoms with Crippen molar-refractivity contribution in [1.29, 1.82) is 0 Å². The molecule has 0 spiro atoms. The van der Waals surface area contributed by atoms with Gasteiger partial charge in [-0.15, -0.1) is 0 Å². The van der Waals surface area contributed by atoms with Gasteiger partial charge in [0, 0.05) is 0 Å². The van der Waals surface area contributed by atoms with Crippen LogP contribution in [0.15, 0.2) is 29.8 Å². The molecule has 0 radical (unpaired) electrons. The van der Waals surface area contributed by atoms with Crippen molar-refractivity contribution in [2.24, 2.45) is 0 Å². The van der Waals surface area contributed by atoms with Crippen molar-refractivity contribution in [2.75, 3.05) is 11.9 Å². The summed E-state index contributed by atoms with van der Waals surface area (Å²) < 4.78 is 11.0. The first-order chi connectivity index (χ1) is 8.52. The Kier molecular flexibility index (Phi) is 5.34. The molecule has 0 bridgehead atoms. The fraction of sp³-hybridized carbons (Fsp3) is 0.182. The summed E-state index contributed by atoms with van der Waals surface area (Å²) in [5.74, 6) is -0.578. The molecule has 0 fully saturated rings. The van der Waals surface area contributed by atoms with Crippen molar-refractivity contribution < 1.29 is 32.5 Å². The number of aromatic hydroxyl groups is 2. The van der Waals surface area contributed by atoms with Crippen LogP contribution >= 0.6 is 0 Å². The molecule has 0 aliphatic carbocycles. The van der Waals surface area contributed by atoms with E-state index in [1.54, 1.807) is 0 Å². The molecule has 4 N–H and O–H groups in total. The second-order valence-corrected chi connectivity index (χ2v) is 5.11. The van der Waals surface area contributed by atoms with Crippen molar-refractivity contribution in [3.63, 3.8) is 0 Å². The van der Waals surface area contributed by atoms with Gasteiger partial charge in [0.1, 0.15) is 0 Å². The van der Waals surface area contributed by atoms with Crippen LogP contribution in [0.5, 0.6) is 11.5 Å². The van der Waals surface area contributed by atoms with Gasteiger partial charge in [-0.1, -0.05) is 0 Å². The topological polar surface area (TPSA) is 98.7 Å². The van der Waals surface area contributed by atoms with Gasteiger partial charge >= 0.3 is 108 Å². The Bertz CT molecular complexity index is 476. The molecule has 1 rings (SSSR count). The van der Waals surface area contributed by atoms with Crippen LogP contribution in [-0.4, -0.2) is 22.8 Å². The van der Waals surface area contributed by atoms with Crippen molar-refractivity contribution in [3.8, 4) is 11.5 Å². The van der Waals surface area contributed by atoms with Crippen molar-refractivity contribution in [3.05, 3.63) is 29.8 Å². The minimum absolute atomic E-state index is 0.260. The summed E-state index contributed by atoms with van der Waals surface area (Å²) in [6.07, 6.45) is 0. The summed E-state index contributed by atoms with van der Waals surface area (Å²) in [7, 11) is 0. The van der Waals surface area contributed by atoms with E-state index in [9.17, 15) is 13.8 Å². The molecule has 0 saturated heterocycles. The van der Waals surface area contributed by atoms with Gasteiger partial charge in [-0.2, -0.15) is 0 Å².